The predicted octanol–water partition coefficient (Wildman–Crippen LogP) is -0.440. The number of amides is 3. The van der Waals surface area contributed by atoms with E-state index in [4.69, 9.17) is 4.74 Å². The Balaban J connectivity index is 1.68. The van der Waals surface area contributed by atoms with Gasteiger partial charge in [-0.2, -0.15) is 0 Å². The van der Waals surface area contributed by atoms with E-state index in [1.807, 2.05) is 18.2 Å². The molecule has 9 heteroatoms. The van der Waals surface area contributed by atoms with Crippen molar-refractivity contribution in [2.24, 2.45) is 0 Å². The summed E-state index contributed by atoms with van der Waals surface area (Å²) in [6.07, 6.45) is -0.0506. The molecule has 27 heavy (non-hydrogen) atoms. The van der Waals surface area contributed by atoms with Crippen molar-refractivity contribution in [3.8, 4) is 0 Å². The molecular formula is C18H20N3O6-. The molecular weight excluding hydrogens is 354 g/mol. The molecule has 2 aliphatic heterocycles. The van der Waals surface area contributed by atoms with Crippen molar-refractivity contribution in [2.45, 2.75) is 44.4 Å². The number of carbonyl (C=O) groups is 4. The topological polar surface area (TPSA) is 119 Å². The molecule has 0 aromatic heterocycles. The molecule has 3 rings (SSSR count). The van der Waals surface area contributed by atoms with Gasteiger partial charge in [0.2, 0.25) is 5.91 Å². The van der Waals surface area contributed by atoms with Crippen LogP contribution in [0.1, 0.15) is 31.2 Å². The number of hydrogen-bond donors (Lipinski definition) is 1. The second kappa shape index (κ2) is 8.07. The summed E-state index contributed by atoms with van der Waals surface area (Å²) in [4.78, 5) is 48.6. The SMILES string of the molecule is O=C(NC1CCC(=O)N2CCCC(C(=O)[O-])N2C1=O)OCc1ccccc1. The van der Waals surface area contributed by atoms with Crippen LogP contribution in [0.25, 0.3) is 0 Å². The van der Waals surface area contributed by atoms with Crippen molar-refractivity contribution in [3.05, 3.63) is 35.9 Å². The van der Waals surface area contributed by atoms with Gasteiger partial charge in [0.15, 0.2) is 0 Å². The van der Waals surface area contributed by atoms with Gasteiger partial charge in [-0.1, -0.05) is 30.3 Å². The number of benzene rings is 1. The van der Waals surface area contributed by atoms with Gasteiger partial charge in [-0.15, -0.1) is 0 Å². The fourth-order valence-electron chi connectivity index (χ4n) is 3.29. The van der Waals surface area contributed by atoms with E-state index in [-0.39, 0.29) is 38.3 Å². The van der Waals surface area contributed by atoms with Gasteiger partial charge in [0.1, 0.15) is 12.6 Å². The van der Waals surface area contributed by atoms with Crippen LogP contribution in [-0.4, -0.2) is 52.5 Å². The number of aliphatic carboxylic acids is 1. The lowest BCUT2D eigenvalue weighted by Crippen LogP contribution is -2.64. The van der Waals surface area contributed by atoms with Crippen molar-refractivity contribution >= 4 is 23.9 Å². The van der Waals surface area contributed by atoms with Gasteiger partial charge >= 0.3 is 6.09 Å². The zero-order valence-corrected chi connectivity index (χ0v) is 14.6. The fraction of sp³-hybridized carbons (Fsp3) is 0.444. The third-order valence-corrected chi connectivity index (χ3v) is 4.64. The molecule has 0 spiro atoms. The third-order valence-electron chi connectivity index (χ3n) is 4.64. The van der Waals surface area contributed by atoms with Crippen LogP contribution in [-0.2, 0) is 25.7 Å². The van der Waals surface area contributed by atoms with Crippen molar-refractivity contribution in [1.29, 1.82) is 0 Å². The molecule has 1 N–H and O–H groups in total. The van der Waals surface area contributed by atoms with Gasteiger partial charge < -0.3 is 20.0 Å². The second-order valence-corrected chi connectivity index (χ2v) is 6.47. The lowest BCUT2D eigenvalue weighted by atomic mass is 10.1. The highest BCUT2D eigenvalue weighted by Gasteiger charge is 2.42. The van der Waals surface area contributed by atoms with E-state index in [1.54, 1.807) is 12.1 Å². The highest BCUT2D eigenvalue weighted by molar-refractivity contribution is 5.93. The Labute approximate surface area is 155 Å². The van der Waals surface area contributed by atoms with Crippen LogP contribution in [0.4, 0.5) is 4.79 Å². The minimum Gasteiger partial charge on any atom is -0.548 e. The van der Waals surface area contributed by atoms with Crippen LogP contribution in [0.5, 0.6) is 0 Å². The quantitative estimate of drug-likeness (QED) is 0.763. The van der Waals surface area contributed by atoms with Crippen LogP contribution in [0, 0.1) is 0 Å². The van der Waals surface area contributed by atoms with Crippen molar-refractivity contribution in [2.75, 3.05) is 6.54 Å². The Morgan fingerprint density at radius 3 is 2.63 bits per heavy atom. The standard InChI is InChI=1S/C18H21N3O6/c22-15-9-8-13(19-18(26)27-11-12-5-2-1-3-6-12)16(23)21-14(17(24)25)7-4-10-20(15)21/h1-3,5-6,13-14H,4,7-11H2,(H,19,26)(H,24,25)/p-1. The van der Waals surface area contributed by atoms with Crippen LogP contribution in [0.3, 0.4) is 0 Å². The fourth-order valence-corrected chi connectivity index (χ4v) is 3.29. The van der Waals surface area contributed by atoms with Crippen LogP contribution < -0.4 is 10.4 Å². The zero-order chi connectivity index (χ0) is 19.4. The minimum absolute atomic E-state index is 0.0195. The average Bonchev–Trinajstić information content (AvgIpc) is 2.79. The number of nitrogens with one attached hydrogen (secondary N) is 1. The maximum Gasteiger partial charge on any atom is 0.408 e. The summed E-state index contributed by atoms with van der Waals surface area (Å²) < 4.78 is 5.11. The average molecular weight is 374 g/mol. The van der Waals surface area contributed by atoms with Crippen LogP contribution in [0.15, 0.2) is 30.3 Å². The number of hydrogen-bond acceptors (Lipinski definition) is 6. The molecule has 144 valence electrons. The number of carboxylic acid groups (broad SMARTS) is 1. The summed E-state index contributed by atoms with van der Waals surface area (Å²) in [5.74, 6) is -2.42. The summed E-state index contributed by atoms with van der Waals surface area (Å²) in [5, 5.41) is 15.9. The molecule has 0 aliphatic carbocycles. The van der Waals surface area contributed by atoms with Gasteiger partial charge in [0, 0.05) is 13.0 Å². The lowest BCUT2D eigenvalue weighted by Gasteiger charge is -2.44. The van der Waals surface area contributed by atoms with Crippen LogP contribution >= 0.6 is 0 Å². The van der Waals surface area contributed by atoms with E-state index < -0.39 is 30.1 Å². The monoisotopic (exact) mass is 374 g/mol. The normalized spacial score (nSPS) is 22.7. The largest absolute Gasteiger partial charge is 0.548 e. The van der Waals surface area contributed by atoms with E-state index in [9.17, 15) is 24.3 Å². The summed E-state index contributed by atoms with van der Waals surface area (Å²) in [7, 11) is 0. The van der Waals surface area contributed by atoms with E-state index in [2.05, 4.69) is 5.32 Å². The van der Waals surface area contributed by atoms with Crippen molar-refractivity contribution in [1.82, 2.24) is 15.3 Å². The van der Waals surface area contributed by atoms with Gasteiger partial charge in [0.25, 0.3) is 5.91 Å². The first-order valence-electron chi connectivity index (χ1n) is 8.79. The molecule has 2 fully saturated rings. The molecule has 0 bridgehead atoms. The number of rotatable bonds is 4. The Hall–Kier alpha value is -3.10. The summed E-state index contributed by atoms with van der Waals surface area (Å²) in [6, 6.07) is 6.77. The molecule has 2 aliphatic rings. The highest BCUT2D eigenvalue weighted by atomic mass is 16.5. The molecule has 2 saturated heterocycles. The number of carboxylic acids is 1. The van der Waals surface area contributed by atoms with E-state index in [1.165, 1.54) is 0 Å². The minimum atomic E-state index is -1.42. The molecule has 1 aromatic rings. The number of ether oxygens (including phenoxy) is 1. The Morgan fingerprint density at radius 2 is 1.93 bits per heavy atom. The van der Waals surface area contributed by atoms with E-state index >= 15 is 0 Å². The first-order chi connectivity index (χ1) is 13.0. The highest BCUT2D eigenvalue weighted by Crippen LogP contribution is 2.24. The zero-order valence-electron chi connectivity index (χ0n) is 14.6. The molecule has 9 nitrogen and oxygen atoms in total. The lowest BCUT2D eigenvalue weighted by molar-refractivity contribution is -0.315. The number of hydrazine groups is 1. The molecule has 0 saturated carbocycles. The van der Waals surface area contributed by atoms with Gasteiger partial charge in [0.05, 0.1) is 12.0 Å². The first kappa shape index (κ1) is 18.7. The molecule has 2 heterocycles. The summed E-state index contributed by atoms with van der Waals surface area (Å²) in [5.41, 5.74) is 0.786. The molecule has 2 unspecified atom stereocenters. The molecule has 3 amide bonds. The number of alkyl carbamates (subject to hydrolysis) is 1. The maximum atomic E-state index is 12.8. The molecule has 2 atom stereocenters. The smallest absolute Gasteiger partial charge is 0.408 e. The number of fused-ring (bicyclic) bond motifs is 1. The number of carbonyl (C=O) groups excluding carboxylic acids is 4. The van der Waals surface area contributed by atoms with Gasteiger partial charge in [-0.3, -0.25) is 14.6 Å². The van der Waals surface area contributed by atoms with E-state index in [0.29, 0.717) is 6.42 Å². The van der Waals surface area contributed by atoms with Crippen molar-refractivity contribution in [3.63, 3.8) is 0 Å². The predicted molar refractivity (Wildman–Crippen MR) is 89.4 cm³/mol. The molecule has 1 aromatic carbocycles. The third kappa shape index (κ3) is 4.18. The second-order valence-electron chi connectivity index (χ2n) is 6.47. The Bertz CT molecular complexity index is 738. The summed E-state index contributed by atoms with van der Waals surface area (Å²) >= 11 is 0. The maximum absolute atomic E-state index is 12.8. The number of nitrogens with zero attached hydrogens (tertiary/aromatic N) is 2. The van der Waals surface area contributed by atoms with Gasteiger partial charge in [-0.05, 0) is 24.8 Å². The van der Waals surface area contributed by atoms with E-state index in [0.717, 1.165) is 15.6 Å². The van der Waals surface area contributed by atoms with Gasteiger partial charge in [-0.25, -0.2) is 9.80 Å². The van der Waals surface area contributed by atoms with Crippen LogP contribution in [0.2, 0.25) is 0 Å². The van der Waals surface area contributed by atoms with Crippen molar-refractivity contribution < 1.29 is 29.0 Å². The molecule has 0 radical (unpaired) electrons. The Morgan fingerprint density at radius 1 is 1.19 bits per heavy atom. The summed E-state index contributed by atoms with van der Waals surface area (Å²) in [6.45, 7) is 0.295. The first-order valence-corrected chi connectivity index (χ1v) is 8.79. The Kier molecular flexibility index (Phi) is 5.58.